The predicted molar refractivity (Wildman–Crippen MR) is 79.6 cm³/mol. The van der Waals surface area contributed by atoms with Crippen LogP contribution in [0, 0.1) is 11.3 Å². The fourth-order valence-corrected chi connectivity index (χ4v) is 2.35. The Hall–Kier alpha value is -1.70. The third-order valence-corrected chi connectivity index (χ3v) is 3.66. The first-order valence-electron chi connectivity index (χ1n) is 5.76. The maximum atomic E-state index is 8.64. The molecule has 0 unspecified atom stereocenters. The number of benzene rings is 1. The van der Waals surface area contributed by atoms with Gasteiger partial charge in [0.2, 0.25) is 0 Å². The summed E-state index contributed by atoms with van der Waals surface area (Å²) in [7, 11) is 0. The summed E-state index contributed by atoms with van der Waals surface area (Å²) in [5.41, 5.74) is 1.36. The Labute approximate surface area is 121 Å². The Morgan fingerprint density at radius 3 is 2.63 bits per heavy atom. The monoisotopic (exact) mass is 289 g/mol. The van der Waals surface area contributed by atoms with Crippen molar-refractivity contribution in [3.63, 3.8) is 0 Å². The molecule has 3 nitrogen and oxygen atoms in total. The SMILES string of the molecule is N#Cc1ccc(NCCSc2ccc(Cl)cc2)cn1. The molecule has 2 rings (SSSR count). The number of rotatable bonds is 5. The van der Waals surface area contributed by atoms with Gasteiger partial charge in [0.1, 0.15) is 11.8 Å². The molecule has 0 aliphatic carbocycles. The first-order chi connectivity index (χ1) is 9.28. The molecule has 0 amide bonds. The summed E-state index contributed by atoms with van der Waals surface area (Å²) >= 11 is 7.59. The zero-order valence-electron chi connectivity index (χ0n) is 10.1. The summed E-state index contributed by atoms with van der Waals surface area (Å²) in [6, 6.07) is 13.4. The summed E-state index contributed by atoms with van der Waals surface area (Å²) in [6.45, 7) is 0.834. The van der Waals surface area contributed by atoms with Gasteiger partial charge in [0, 0.05) is 22.2 Å². The Morgan fingerprint density at radius 1 is 1.21 bits per heavy atom. The highest BCUT2D eigenvalue weighted by atomic mass is 35.5. The molecule has 0 aliphatic heterocycles. The van der Waals surface area contributed by atoms with Crippen LogP contribution in [0.3, 0.4) is 0 Å². The van der Waals surface area contributed by atoms with Gasteiger partial charge in [-0.25, -0.2) is 4.98 Å². The molecular formula is C14H12ClN3S. The maximum Gasteiger partial charge on any atom is 0.140 e. The second kappa shape index (κ2) is 7.03. The van der Waals surface area contributed by atoms with Gasteiger partial charge in [0.05, 0.1) is 11.9 Å². The molecule has 1 N–H and O–H groups in total. The van der Waals surface area contributed by atoms with Crippen LogP contribution in [0.4, 0.5) is 5.69 Å². The second-order valence-electron chi connectivity index (χ2n) is 3.77. The molecule has 1 aromatic carbocycles. The second-order valence-corrected chi connectivity index (χ2v) is 5.38. The topological polar surface area (TPSA) is 48.7 Å². The first kappa shape index (κ1) is 13.7. The van der Waals surface area contributed by atoms with E-state index in [1.54, 1.807) is 24.0 Å². The van der Waals surface area contributed by atoms with Crippen molar-refractivity contribution in [2.45, 2.75) is 4.90 Å². The van der Waals surface area contributed by atoms with Crippen LogP contribution < -0.4 is 5.32 Å². The third-order valence-electron chi connectivity index (χ3n) is 2.39. The number of anilines is 1. The molecule has 96 valence electrons. The number of pyridine rings is 1. The lowest BCUT2D eigenvalue weighted by atomic mass is 10.3. The van der Waals surface area contributed by atoms with Crippen molar-refractivity contribution in [1.29, 1.82) is 5.26 Å². The summed E-state index contributed by atoms with van der Waals surface area (Å²) < 4.78 is 0. The molecule has 1 heterocycles. The summed E-state index contributed by atoms with van der Waals surface area (Å²) in [4.78, 5) is 5.20. The molecule has 19 heavy (non-hydrogen) atoms. The third kappa shape index (κ3) is 4.47. The van der Waals surface area contributed by atoms with Gasteiger partial charge in [-0.05, 0) is 36.4 Å². The molecule has 0 fully saturated rings. The summed E-state index contributed by atoms with van der Waals surface area (Å²) in [6.07, 6.45) is 1.67. The summed E-state index contributed by atoms with van der Waals surface area (Å²) in [5, 5.41) is 12.7. The zero-order valence-corrected chi connectivity index (χ0v) is 11.7. The van der Waals surface area contributed by atoms with Crippen molar-refractivity contribution in [3.05, 3.63) is 53.3 Å². The van der Waals surface area contributed by atoms with E-state index in [1.807, 2.05) is 36.4 Å². The van der Waals surface area contributed by atoms with E-state index in [0.717, 1.165) is 23.0 Å². The number of hydrogen-bond donors (Lipinski definition) is 1. The van der Waals surface area contributed by atoms with Gasteiger partial charge in [-0.3, -0.25) is 0 Å². The van der Waals surface area contributed by atoms with Crippen LogP contribution in [0.15, 0.2) is 47.5 Å². The van der Waals surface area contributed by atoms with Crippen LogP contribution >= 0.6 is 23.4 Å². The van der Waals surface area contributed by atoms with E-state index in [4.69, 9.17) is 16.9 Å². The van der Waals surface area contributed by atoms with Crippen molar-refractivity contribution >= 4 is 29.1 Å². The quantitative estimate of drug-likeness (QED) is 0.672. The number of halogens is 1. The molecule has 0 saturated carbocycles. The molecule has 0 spiro atoms. The highest BCUT2D eigenvalue weighted by Gasteiger charge is 1.96. The van der Waals surface area contributed by atoms with E-state index in [-0.39, 0.29) is 0 Å². The zero-order chi connectivity index (χ0) is 13.5. The van der Waals surface area contributed by atoms with Crippen LogP contribution in [0.2, 0.25) is 5.02 Å². The molecule has 1 aromatic heterocycles. The van der Waals surface area contributed by atoms with Gasteiger partial charge in [-0.2, -0.15) is 5.26 Å². The van der Waals surface area contributed by atoms with Crippen LogP contribution in [-0.4, -0.2) is 17.3 Å². The number of nitrogens with zero attached hydrogens (tertiary/aromatic N) is 2. The highest BCUT2D eigenvalue weighted by molar-refractivity contribution is 7.99. The minimum Gasteiger partial charge on any atom is -0.383 e. The van der Waals surface area contributed by atoms with E-state index >= 15 is 0 Å². The Morgan fingerprint density at radius 2 is 2.00 bits per heavy atom. The van der Waals surface area contributed by atoms with Crippen LogP contribution in [-0.2, 0) is 0 Å². The Kier molecular flexibility index (Phi) is 5.08. The van der Waals surface area contributed by atoms with Crippen LogP contribution in [0.25, 0.3) is 0 Å². The normalized spacial score (nSPS) is 9.89. The standard InChI is InChI=1S/C14H12ClN3S/c15-11-1-5-14(6-2-11)19-8-7-17-13-4-3-12(9-16)18-10-13/h1-6,10,17H,7-8H2. The Bertz CT molecular complexity index is 561. The minimum absolute atomic E-state index is 0.432. The van der Waals surface area contributed by atoms with Crippen molar-refractivity contribution in [3.8, 4) is 6.07 Å². The molecule has 0 bridgehead atoms. The predicted octanol–water partition coefficient (Wildman–Crippen LogP) is 3.81. The first-order valence-corrected chi connectivity index (χ1v) is 7.13. The molecule has 0 atom stereocenters. The largest absolute Gasteiger partial charge is 0.383 e. The Balaban J connectivity index is 1.74. The van der Waals surface area contributed by atoms with Crippen molar-refractivity contribution in [2.24, 2.45) is 0 Å². The van der Waals surface area contributed by atoms with Crippen LogP contribution in [0.1, 0.15) is 5.69 Å². The molecule has 5 heteroatoms. The highest BCUT2D eigenvalue weighted by Crippen LogP contribution is 2.20. The van der Waals surface area contributed by atoms with Gasteiger partial charge in [-0.15, -0.1) is 11.8 Å². The lowest BCUT2D eigenvalue weighted by molar-refractivity contribution is 1.19. The van der Waals surface area contributed by atoms with Crippen molar-refractivity contribution in [1.82, 2.24) is 4.98 Å². The van der Waals surface area contributed by atoms with Gasteiger partial charge in [-0.1, -0.05) is 11.6 Å². The lowest BCUT2D eigenvalue weighted by Crippen LogP contribution is -2.04. The fourth-order valence-electron chi connectivity index (χ4n) is 1.46. The molecule has 2 aromatic rings. The lowest BCUT2D eigenvalue weighted by Gasteiger charge is -2.05. The van der Waals surface area contributed by atoms with Crippen LogP contribution in [0.5, 0.6) is 0 Å². The molecule has 0 radical (unpaired) electrons. The number of thioether (sulfide) groups is 1. The van der Waals surface area contributed by atoms with Gasteiger partial charge >= 0.3 is 0 Å². The van der Waals surface area contributed by atoms with Gasteiger partial charge in [0.15, 0.2) is 0 Å². The van der Waals surface area contributed by atoms with E-state index < -0.39 is 0 Å². The number of nitriles is 1. The van der Waals surface area contributed by atoms with Gasteiger partial charge < -0.3 is 5.32 Å². The average molecular weight is 290 g/mol. The average Bonchev–Trinajstić information content (AvgIpc) is 2.46. The summed E-state index contributed by atoms with van der Waals surface area (Å²) in [5.74, 6) is 0.946. The molecule has 0 aliphatic rings. The fraction of sp³-hybridized carbons (Fsp3) is 0.143. The molecular weight excluding hydrogens is 278 g/mol. The number of aromatic nitrogens is 1. The van der Waals surface area contributed by atoms with Gasteiger partial charge in [0.25, 0.3) is 0 Å². The maximum absolute atomic E-state index is 8.64. The van der Waals surface area contributed by atoms with E-state index in [9.17, 15) is 0 Å². The van der Waals surface area contributed by atoms with Crippen molar-refractivity contribution < 1.29 is 0 Å². The van der Waals surface area contributed by atoms with Crippen molar-refractivity contribution in [2.75, 3.05) is 17.6 Å². The molecule has 0 saturated heterocycles. The number of hydrogen-bond acceptors (Lipinski definition) is 4. The van der Waals surface area contributed by atoms with E-state index in [1.165, 1.54) is 4.90 Å². The number of nitrogens with one attached hydrogen (secondary N) is 1. The van der Waals surface area contributed by atoms with E-state index in [2.05, 4.69) is 10.3 Å². The van der Waals surface area contributed by atoms with E-state index in [0.29, 0.717) is 5.69 Å². The smallest absolute Gasteiger partial charge is 0.140 e. The minimum atomic E-state index is 0.432.